The van der Waals surface area contributed by atoms with E-state index >= 15 is 0 Å². The summed E-state index contributed by atoms with van der Waals surface area (Å²) < 4.78 is 80.7. The van der Waals surface area contributed by atoms with Gasteiger partial charge < -0.3 is 10.1 Å². The standard InChI is InChI=1S/C13H7F6NO3/c1-23-11-8(9(21)10(11)22)20-7-3-5(12(14,15)16)2-6(4-7)13(17,18)19/h2-4,20H,1H3. The SMILES string of the molecule is COc1c(Nc2cc(C(F)(F)F)cc(C(F)(F)F)c2)c(=O)c1=O. The van der Waals surface area contributed by atoms with Gasteiger partial charge in [0.2, 0.25) is 0 Å². The topological polar surface area (TPSA) is 55.4 Å². The van der Waals surface area contributed by atoms with Crippen molar-refractivity contribution in [3.8, 4) is 5.75 Å². The molecule has 4 nitrogen and oxygen atoms in total. The molecule has 2 aromatic carbocycles. The van der Waals surface area contributed by atoms with Crippen LogP contribution in [0.2, 0.25) is 0 Å². The quantitative estimate of drug-likeness (QED) is 0.690. The van der Waals surface area contributed by atoms with E-state index in [4.69, 9.17) is 0 Å². The summed E-state index contributed by atoms with van der Waals surface area (Å²) in [6.45, 7) is 0. The van der Waals surface area contributed by atoms with Gasteiger partial charge in [0, 0.05) is 5.69 Å². The van der Waals surface area contributed by atoms with Crippen molar-refractivity contribution >= 4 is 11.4 Å². The molecule has 0 saturated heterocycles. The molecule has 0 fully saturated rings. The molecular formula is C13H7F6NO3. The van der Waals surface area contributed by atoms with Gasteiger partial charge >= 0.3 is 12.4 Å². The van der Waals surface area contributed by atoms with Crippen LogP contribution >= 0.6 is 0 Å². The molecule has 0 aromatic heterocycles. The van der Waals surface area contributed by atoms with Crippen LogP contribution in [-0.2, 0) is 12.4 Å². The van der Waals surface area contributed by atoms with Gasteiger partial charge in [-0.2, -0.15) is 26.3 Å². The van der Waals surface area contributed by atoms with Crippen LogP contribution in [0.25, 0.3) is 0 Å². The van der Waals surface area contributed by atoms with Gasteiger partial charge in [0.1, 0.15) is 5.69 Å². The van der Waals surface area contributed by atoms with E-state index in [1.807, 2.05) is 0 Å². The molecule has 0 amide bonds. The van der Waals surface area contributed by atoms with Gasteiger partial charge in [0.05, 0.1) is 18.2 Å². The second kappa shape index (κ2) is 5.28. The molecule has 0 unspecified atom stereocenters. The average Bonchev–Trinajstić information content (AvgIpc) is 2.44. The predicted molar refractivity (Wildman–Crippen MR) is 67.6 cm³/mol. The summed E-state index contributed by atoms with van der Waals surface area (Å²) in [4.78, 5) is 22.4. The van der Waals surface area contributed by atoms with Crippen molar-refractivity contribution in [3.63, 3.8) is 0 Å². The van der Waals surface area contributed by atoms with Crippen LogP contribution in [0, 0.1) is 0 Å². The van der Waals surface area contributed by atoms with Crippen LogP contribution in [0.1, 0.15) is 11.1 Å². The number of benzene rings is 1. The highest BCUT2D eigenvalue weighted by molar-refractivity contribution is 5.70. The molecule has 0 radical (unpaired) electrons. The Morgan fingerprint density at radius 1 is 0.870 bits per heavy atom. The Labute approximate surface area is 124 Å². The zero-order chi connectivity index (χ0) is 17.6. The monoisotopic (exact) mass is 339 g/mol. The average molecular weight is 339 g/mol. The van der Waals surface area contributed by atoms with E-state index in [9.17, 15) is 35.9 Å². The number of halogens is 6. The zero-order valence-corrected chi connectivity index (χ0v) is 11.2. The highest BCUT2D eigenvalue weighted by Crippen LogP contribution is 2.38. The molecule has 2 rings (SSSR count). The Balaban J connectivity index is 2.52. The van der Waals surface area contributed by atoms with Gasteiger partial charge in [-0.05, 0) is 18.2 Å². The first-order valence-electron chi connectivity index (χ1n) is 5.89. The lowest BCUT2D eigenvalue weighted by Gasteiger charge is -2.16. The Morgan fingerprint density at radius 2 is 1.35 bits per heavy atom. The molecule has 0 bridgehead atoms. The second-order valence-corrected chi connectivity index (χ2v) is 4.49. The normalized spacial score (nSPS) is 12.5. The first-order chi connectivity index (χ1) is 10.4. The number of alkyl halides is 6. The third-order valence-electron chi connectivity index (χ3n) is 2.93. The highest BCUT2D eigenvalue weighted by atomic mass is 19.4. The number of rotatable bonds is 3. The van der Waals surface area contributed by atoms with E-state index < -0.39 is 51.5 Å². The van der Waals surface area contributed by atoms with Crippen LogP contribution in [-0.4, -0.2) is 7.11 Å². The maximum absolute atomic E-state index is 12.7. The van der Waals surface area contributed by atoms with Crippen molar-refractivity contribution in [3.05, 3.63) is 49.8 Å². The lowest BCUT2D eigenvalue weighted by Crippen LogP contribution is -2.34. The maximum atomic E-state index is 12.7. The summed E-state index contributed by atoms with van der Waals surface area (Å²) in [5.41, 5.74) is -6.34. The summed E-state index contributed by atoms with van der Waals surface area (Å²) >= 11 is 0. The van der Waals surface area contributed by atoms with Crippen molar-refractivity contribution in [1.29, 1.82) is 0 Å². The number of methoxy groups -OCH3 is 1. The van der Waals surface area contributed by atoms with Gasteiger partial charge in [-0.15, -0.1) is 0 Å². The molecule has 10 heteroatoms. The van der Waals surface area contributed by atoms with Gasteiger partial charge in [0.15, 0.2) is 5.75 Å². The third-order valence-corrected chi connectivity index (χ3v) is 2.93. The third kappa shape index (κ3) is 3.15. The largest absolute Gasteiger partial charge is 0.491 e. The van der Waals surface area contributed by atoms with Gasteiger partial charge in [-0.25, -0.2) is 0 Å². The zero-order valence-electron chi connectivity index (χ0n) is 11.2. The molecule has 0 aliphatic carbocycles. The summed E-state index contributed by atoms with van der Waals surface area (Å²) in [5, 5.41) is 2.07. The minimum Gasteiger partial charge on any atom is -0.491 e. The number of nitrogens with one attached hydrogen (secondary N) is 1. The summed E-state index contributed by atoms with van der Waals surface area (Å²) in [6, 6.07) is 0.738. The van der Waals surface area contributed by atoms with Crippen LogP contribution < -0.4 is 20.9 Å². The summed E-state index contributed by atoms with van der Waals surface area (Å²) in [7, 11) is 1.04. The molecule has 1 N–H and O–H groups in total. The van der Waals surface area contributed by atoms with Crippen molar-refractivity contribution in [2.45, 2.75) is 12.4 Å². The molecule has 2 aromatic rings. The minimum atomic E-state index is -5.02. The lowest BCUT2D eigenvalue weighted by atomic mass is 10.1. The molecule has 0 heterocycles. The van der Waals surface area contributed by atoms with Gasteiger partial charge in [-0.3, -0.25) is 9.59 Å². The predicted octanol–water partition coefficient (Wildman–Crippen LogP) is 3.07. The maximum Gasteiger partial charge on any atom is 0.416 e. The van der Waals surface area contributed by atoms with E-state index in [1.54, 1.807) is 0 Å². The Kier molecular flexibility index (Phi) is 3.87. The molecule has 0 aliphatic rings. The smallest absolute Gasteiger partial charge is 0.416 e. The second-order valence-electron chi connectivity index (χ2n) is 4.49. The molecule has 0 aliphatic heterocycles. The van der Waals surface area contributed by atoms with E-state index in [0.29, 0.717) is 12.1 Å². The fourth-order valence-electron chi connectivity index (χ4n) is 1.85. The summed E-state index contributed by atoms with van der Waals surface area (Å²) in [5.74, 6) is -0.457. The van der Waals surface area contributed by atoms with E-state index in [2.05, 4.69) is 10.1 Å². The lowest BCUT2D eigenvalue weighted by molar-refractivity contribution is -0.143. The van der Waals surface area contributed by atoms with Crippen LogP contribution in [0.4, 0.5) is 37.7 Å². The van der Waals surface area contributed by atoms with Crippen LogP contribution in [0.5, 0.6) is 5.75 Å². The fraction of sp³-hybridized carbons (Fsp3) is 0.231. The van der Waals surface area contributed by atoms with E-state index in [-0.39, 0.29) is 6.07 Å². The van der Waals surface area contributed by atoms with Crippen LogP contribution in [0.15, 0.2) is 27.8 Å². The van der Waals surface area contributed by atoms with E-state index in [1.165, 1.54) is 0 Å². The Hall–Kier alpha value is -2.52. The molecule has 23 heavy (non-hydrogen) atoms. The first kappa shape index (κ1) is 16.8. The highest BCUT2D eigenvalue weighted by Gasteiger charge is 2.37. The van der Waals surface area contributed by atoms with Crippen molar-refractivity contribution < 1.29 is 31.1 Å². The fourth-order valence-corrected chi connectivity index (χ4v) is 1.85. The number of hydrogen-bond donors (Lipinski definition) is 1. The summed E-state index contributed by atoms with van der Waals surface area (Å²) in [6.07, 6.45) is -10.0. The van der Waals surface area contributed by atoms with E-state index in [0.717, 1.165) is 7.11 Å². The Morgan fingerprint density at radius 3 is 1.74 bits per heavy atom. The number of hydrogen-bond acceptors (Lipinski definition) is 4. The van der Waals surface area contributed by atoms with Crippen molar-refractivity contribution in [1.82, 2.24) is 0 Å². The van der Waals surface area contributed by atoms with Crippen molar-refractivity contribution in [2.24, 2.45) is 0 Å². The molecule has 124 valence electrons. The Bertz CT molecular complexity index is 782. The number of ether oxygens (including phenoxy) is 1. The molecular weight excluding hydrogens is 332 g/mol. The minimum absolute atomic E-state index is 0.0511. The molecule has 0 atom stereocenters. The number of anilines is 2. The molecule has 0 saturated carbocycles. The van der Waals surface area contributed by atoms with Gasteiger partial charge in [0.25, 0.3) is 10.9 Å². The molecule has 0 spiro atoms. The van der Waals surface area contributed by atoms with Crippen molar-refractivity contribution in [2.75, 3.05) is 12.4 Å². The van der Waals surface area contributed by atoms with Crippen LogP contribution in [0.3, 0.4) is 0 Å². The van der Waals surface area contributed by atoms with Gasteiger partial charge in [-0.1, -0.05) is 0 Å². The first-order valence-corrected chi connectivity index (χ1v) is 5.89.